The maximum atomic E-state index is 12.1. The van der Waals surface area contributed by atoms with Crippen LogP contribution in [0.5, 0.6) is 0 Å². The van der Waals surface area contributed by atoms with Crippen LogP contribution in [0.25, 0.3) is 0 Å². The zero-order chi connectivity index (χ0) is 13.2. The van der Waals surface area contributed by atoms with E-state index >= 15 is 0 Å². The van der Waals surface area contributed by atoms with Crippen LogP contribution in [0.15, 0.2) is 12.7 Å². The minimum atomic E-state index is -0.00824. The van der Waals surface area contributed by atoms with Gasteiger partial charge in [-0.05, 0) is 62.4 Å². The average molecular weight is 231 g/mol. The maximum absolute atomic E-state index is 12.1. The quantitative estimate of drug-likeness (QED) is 0.795. The van der Waals surface area contributed by atoms with Gasteiger partial charge >= 0.3 is 0 Å². The summed E-state index contributed by atoms with van der Waals surface area (Å²) in [7, 11) is 0. The molecule has 17 heavy (non-hydrogen) atoms. The molecule has 0 saturated carbocycles. The Morgan fingerprint density at radius 2 is 1.41 bits per heavy atom. The first-order valence-electron chi connectivity index (χ1n) is 5.87. The van der Waals surface area contributed by atoms with Crippen LogP contribution in [0.1, 0.15) is 38.2 Å². The first-order valence-corrected chi connectivity index (χ1v) is 5.87. The number of nitrogens with one attached hydrogen (secondary N) is 1. The van der Waals surface area contributed by atoms with E-state index in [9.17, 15) is 4.79 Å². The molecule has 0 aliphatic carbocycles. The molecule has 0 spiro atoms. The molecule has 0 bridgehead atoms. The number of amides is 1. The summed E-state index contributed by atoms with van der Waals surface area (Å²) in [6, 6.07) is 0. The highest BCUT2D eigenvalue weighted by Gasteiger charge is 2.17. The van der Waals surface area contributed by atoms with Gasteiger partial charge < -0.3 is 5.32 Å². The minimum Gasteiger partial charge on any atom is -0.349 e. The van der Waals surface area contributed by atoms with Crippen LogP contribution in [-0.4, -0.2) is 12.5 Å². The Kier molecular flexibility index (Phi) is 4.11. The highest BCUT2D eigenvalue weighted by Crippen LogP contribution is 2.25. The Bertz CT molecular complexity index is 443. The summed E-state index contributed by atoms with van der Waals surface area (Å²) in [6.45, 7) is 14.4. The van der Waals surface area contributed by atoms with Gasteiger partial charge in [0.15, 0.2) is 0 Å². The number of carbonyl (C=O) groups is 1. The third-order valence-electron chi connectivity index (χ3n) is 3.63. The third-order valence-corrected chi connectivity index (χ3v) is 3.63. The van der Waals surface area contributed by atoms with Crippen molar-refractivity contribution in [1.29, 1.82) is 0 Å². The molecule has 1 rings (SSSR count). The number of benzene rings is 1. The van der Waals surface area contributed by atoms with Crippen molar-refractivity contribution in [3.05, 3.63) is 46.0 Å². The van der Waals surface area contributed by atoms with Gasteiger partial charge in [0, 0.05) is 12.1 Å². The SMILES string of the molecule is C=CCNC(=O)c1c(C)c(C)c(C)c(C)c1C. The number of hydrogen-bond acceptors (Lipinski definition) is 1. The van der Waals surface area contributed by atoms with Gasteiger partial charge in [0.1, 0.15) is 0 Å². The largest absolute Gasteiger partial charge is 0.349 e. The van der Waals surface area contributed by atoms with Crippen molar-refractivity contribution in [2.24, 2.45) is 0 Å². The predicted molar refractivity (Wildman–Crippen MR) is 72.7 cm³/mol. The molecule has 1 amide bonds. The molecule has 0 fully saturated rings. The van der Waals surface area contributed by atoms with Gasteiger partial charge in [0.25, 0.3) is 5.91 Å². The second kappa shape index (κ2) is 5.17. The molecule has 0 aliphatic rings. The highest BCUT2D eigenvalue weighted by atomic mass is 16.1. The number of rotatable bonds is 3. The number of carbonyl (C=O) groups excluding carboxylic acids is 1. The Morgan fingerprint density at radius 1 is 1.00 bits per heavy atom. The van der Waals surface area contributed by atoms with Gasteiger partial charge in [-0.25, -0.2) is 0 Å². The van der Waals surface area contributed by atoms with Crippen molar-refractivity contribution in [2.45, 2.75) is 34.6 Å². The topological polar surface area (TPSA) is 29.1 Å². The van der Waals surface area contributed by atoms with E-state index in [1.165, 1.54) is 16.7 Å². The molecule has 0 saturated heterocycles. The molecule has 0 aliphatic heterocycles. The fourth-order valence-electron chi connectivity index (χ4n) is 2.09. The van der Waals surface area contributed by atoms with Crippen LogP contribution in [-0.2, 0) is 0 Å². The monoisotopic (exact) mass is 231 g/mol. The Balaban J connectivity index is 3.33. The molecule has 92 valence electrons. The van der Waals surface area contributed by atoms with Crippen molar-refractivity contribution in [2.75, 3.05) is 6.54 Å². The summed E-state index contributed by atoms with van der Waals surface area (Å²) < 4.78 is 0. The summed E-state index contributed by atoms with van der Waals surface area (Å²) in [4.78, 5) is 12.1. The standard InChI is InChI=1S/C15H21NO/c1-7-8-16-15(17)14-12(5)10(3)9(2)11(4)13(14)6/h7H,1,8H2,2-6H3,(H,16,17). The normalized spacial score (nSPS) is 10.2. The summed E-state index contributed by atoms with van der Waals surface area (Å²) in [6.07, 6.45) is 1.69. The zero-order valence-corrected chi connectivity index (χ0v) is 11.4. The molecule has 0 aromatic heterocycles. The Hall–Kier alpha value is -1.57. The lowest BCUT2D eigenvalue weighted by Crippen LogP contribution is -2.25. The molecule has 0 radical (unpaired) electrons. The van der Waals surface area contributed by atoms with E-state index in [-0.39, 0.29) is 5.91 Å². The van der Waals surface area contributed by atoms with E-state index in [4.69, 9.17) is 0 Å². The van der Waals surface area contributed by atoms with Crippen LogP contribution >= 0.6 is 0 Å². The Morgan fingerprint density at radius 3 is 1.82 bits per heavy atom. The molecule has 0 unspecified atom stereocenters. The zero-order valence-electron chi connectivity index (χ0n) is 11.4. The molecular weight excluding hydrogens is 210 g/mol. The van der Waals surface area contributed by atoms with Gasteiger partial charge in [-0.3, -0.25) is 4.79 Å². The predicted octanol–water partition coefficient (Wildman–Crippen LogP) is 3.14. The van der Waals surface area contributed by atoms with Crippen LogP contribution in [0, 0.1) is 34.6 Å². The van der Waals surface area contributed by atoms with Crippen LogP contribution in [0.3, 0.4) is 0 Å². The molecular formula is C15H21NO. The summed E-state index contributed by atoms with van der Waals surface area (Å²) in [5.74, 6) is -0.00824. The van der Waals surface area contributed by atoms with Crippen LogP contribution < -0.4 is 5.32 Å². The summed E-state index contributed by atoms with van der Waals surface area (Å²) >= 11 is 0. The molecule has 1 aromatic carbocycles. The summed E-state index contributed by atoms with van der Waals surface area (Å²) in [5, 5.41) is 2.85. The van der Waals surface area contributed by atoms with Crippen molar-refractivity contribution in [3.63, 3.8) is 0 Å². The lowest BCUT2D eigenvalue weighted by molar-refractivity contribution is 0.0956. The van der Waals surface area contributed by atoms with E-state index in [0.717, 1.165) is 16.7 Å². The molecule has 1 aromatic rings. The van der Waals surface area contributed by atoms with Gasteiger partial charge in [-0.15, -0.1) is 6.58 Å². The fraction of sp³-hybridized carbons (Fsp3) is 0.400. The first-order chi connectivity index (χ1) is 7.91. The van der Waals surface area contributed by atoms with Crippen molar-refractivity contribution >= 4 is 5.91 Å². The lowest BCUT2D eigenvalue weighted by Gasteiger charge is -2.17. The maximum Gasteiger partial charge on any atom is 0.252 e. The number of hydrogen-bond donors (Lipinski definition) is 1. The van der Waals surface area contributed by atoms with E-state index in [1.54, 1.807) is 6.08 Å². The van der Waals surface area contributed by atoms with E-state index in [0.29, 0.717) is 6.54 Å². The third kappa shape index (κ3) is 2.41. The highest BCUT2D eigenvalue weighted by molar-refractivity contribution is 5.98. The molecule has 0 atom stereocenters. The van der Waals surface area contributed by atoms with Crippen molar-refractivity contribution < 1.29 is 4.79 Å². The smallest absolute Gasteiger partial charge is 0.252 e. The Labute approximate surface area is 104 Å². The lowest BCUT2D eigenvalue weighted by atomic mass is 9.89. The van der Waals surface area contributed by atoms with E-state index < -0.39 is 0 Å². The van der Waals surface area contributed by atoms with Crippen LogP contribution in [0.2, 0.25) is 0 Å². The van der Waals surface area contributed by atoms with Gasteiger partial charge in [0.2, 0.25) is 0 Å². The molecule has 2 heteroatoms. The van der Waals surface area contributed by atoms with Crippen molar-refractivity contribution in [3.8, 4) is 0 Å². The second-order valence-electron chi connectivity index (χ2n) is 4.50. The molecule has 1 N–H and O–H groups in total. The van der Waals surface area contributed by atoms with Gasteiger partial charge in [-0.2, -0.15) is 0 Å². The van der Waals surface area contributed by atoms with E-state index in [2.05, 4.69) is 32.7 Å². The van der Waals surface area contributed by atoms with E-state index in [1.807, 2.05) is 13.8 Å². The minimum absolute atomic E-state index is 0.00824. The average Bonchev–Trinajstić information content (AvgIpc) is 2.31. The first kappa shape index (κ1) is 13.5. The van der Waals surface area contributed by atoms with Gasteiger partial charge in [-0.1, -0.05) is 6.08 Å². The molecule has 2 nitrogen and oxygen atoms in total. The van der Waals surface area contributed by atoms with Gasteiger partial charge in [0.05, 0.1) is 0 Å². The molecule has 0 heterocycles. The van der Waals surface area contributed by atoms with Crippen LogP contribution in [0.4, 0.5) is 0 Å². The van der Waals surface area contributed by atoms with Crippen molar-refractivity contribution in [1.82, 2.24) is 5.32 Å². The second-order valence-corrected chi connectivity index (χ2v) is 4.50. The summed E-state index contributed by atoms with van der Waals surface area (Å²) in [5.41, 5.74) is 6.65. The fourth-order valence-corrected chi connectivity index (χ4v) is 2.09.